The van der Waals surface area contributed by atoms with E-state index >= 15 is 0 Å². The van der Waals surface area contributed by atoms with Crippen molar-refractivity contribution in [1.82, 2.24) is 19.7 Å². The third-order valence-corrected chi connectivity index (χ3v) is 4.52. The Morgan fingerprint density at radius 2 is 1.92 bits per heavy atom. The number of aromatic nitrogens is 4. The van der Waals surface area contributed by atoms with Crippen molar-refractivity contribution in [3.8, 4) is 11.4 Å². The zero-order valence-electron chi connectivity index (χ0n) is 14.2. The predicted octanol–water partition coefficient (Wildman–Crippen LogP) is 3.46. The van der Waals surface area contributed by atoms with Gasteiger partial charge in [0.1, 0.15) is 11.6 Å². The van der Waals surface area contributed by atoms with Crippen molar-refractivity contribution in [2.24, 2.45) is 0 Å². The lowest BCUT2D eigenvalue weighted by Crippen LogP contribution is -2.12. The summed E-state index contributed by atoms with van der Waals surface area (Å²) in [5.41, 5.74) is 1.34. The van der Waals surface area contributed by atoms with Crippen LogP contribution in [0.4, 0.5) is 10.1 Å². The van der Waals surface area contributed by atoms with Crippen LogP contribution in [0.3, 0.4) is 0 Å². The van der Waals surface area contributed by atoms with E-state index in [0.29, 0.717) is 22.6 Å². The fourth-order valence-corrected chi connectivity index (χ4v) is 3.17. The molecule has 0 fully saturated rings. The van der Waals surface area contributed by atoms with Gasteiger partial charge in [-0.1, -0.05) is 6.42 Å². The minimum atomic E-state index is -0.383. The number of nitrogens with one attached hydrogen (secondary N) is 1. The van der Waals surface area contributed by atoms with Crippen molar-refractivity contribution in [1.29, 1.82) is 0 Å². The maximum atomic E-state index is 14.5. The standard InChI is InChI=1S/C19H18FN5O/c20-16-6-5-14(22-19(26)13-7-9-21-10-8-13)12-15(16)18-24-23-17-4-2-1-3-11-25(17)18/h5-10,12H,1-4,11H2,(H,22,26). The number of amides is 1. The molecule has 3 aromatic rings. The van der Waals surface area contributed by atoms with Crippen molar-refractivity contribution < 1.29 is 9.18 Å². The Morgan fingerprint density at radius 1 is 1.08 bits per heavy atom. The predicted molar refractivity (Wildman–Crippen MR) is 95.2 cm³/mol. The molecule has 0 saturated carbocycles. The van der Waals surface area contributed by atoms with Gasteiger partial charge in [0.25, 0.3) is 5.91 Å². The molecule has 0 aliphatic carbocycles. The molecule has 1 aliphatic heterocycles. The van der Waals surface area contributed by atoms with Crippen molar-refractivity contribution in [2.75, 3.05) is 5.32 Å². The number of pyridine rings is 1. The van der Waals surface area contributed by atoms with Crippen LogP contribution in [0.2, 0.25) is 0 Å². The van der Waals surface area contributed by atoms with Crippen LogP contribution in [0.15, 0.2) is 42.7 Å². The second-order valence-corrected chi connectivity index (χ2v) is 6.29. The smallest absolute Gasteiger partial charge is 0.255 e. The molecule has 0 unspecified atom stereocenters. The van der Waals surface area contributed by atoms with Gasteiger partial charge in [0.2, 0.25) is 0 Å². The molecule has 7 heteroatoms. The summed E-state index contributed by atoms with van der Waals surface area (Å²) in [7, 11) is 0. The molecule has 1 aliphatic rings. The number of hydrogen-bond donors (Lipinski definition) is 1. The number of carbonyl (C=O) groups excluding carboxylic acids is 1. The van der Waals surface area contributed by atoms with E-state index in [1.165, 1.54) is 12.1 Å². The molecule has 6 nitrogen and oxygen atoms in total. The van der Waals surface area contributed by atoms with Gasteiger partial charge in [-0.05, 0) is 43.2 Å². The Labute approximate surface area is 150 Å². The van der Waals surface area contributed by atoms with Gasteiger partial charge in [0, 0.05) is 36.6 Å². The second-order valence-electron chi connectivity index (χ2n) is 6.29. The molecule has 3 heterocycles. The van der Waals surface area contributed by atoms with E-state index < -0.39 is 0 Å². The van der Waals surface area contributed by atoms with Crippen molar-refractivity contribution in [3.63, 3.8) is 0 Å². The molecule has 0 saturated heterocycles. The van der Waals surface area contributed by atoms with Gasteiger partial charge in [0.15, 0.2) is 5.82 Å². The number of hydrogen-bond acceptors (Lipinski definition) is 4. The molecular weight excluding hydrogens is 333 g/mol. The fourth-order valence-electron chi connectivity index (χ4n) is 3.17. The zero-order valence-corrected chi connectivity index (χ0v) is 14.2. The summed E-state index contributed by atoms with van der Waals surface area (Å²) in [5.74, 6) is 0.749. The number of benzene rings is 1. The fraction of sp³-hybridized carbons (Fsp3) is 0.263. The van der Waals surface area contributed by atoms with Crippen LogP contribution in [0.5, 0.6) is 0 Å². The van der Waals surface area contributed by atoms with Gasteiger partial charge in [0.05, 0.1) is 5.56 Å². The molecule has 132 valence electrons. The van der Waals surface area contributed by atoms with Gasteiger partial charge >= 0.3 is 0 Å². The maximum absolute atomic E-state index is 14.5. The summed E-state index contributed by atoms with van der Waals surface area (Å²) in [6.07, 6.45) is 7.19. The zero-order chi connectivity index (χ0) is 17.9. The third-order valence-electron chi connectivity index (χ3n) is 4.52. The number of nitrogens with zero attached hydrogens (tertiary/aromatic N) is 4. The normalized spacial score (nSPS) is 13.7. The summed E-state index contributed by atoms with van der Waals surface area (Å²) >= 11 is 0. The van der Waals surface area contributed by atoms with Crippen LogP contribution in [0, 0.1) is 5.82 Å². The molecular formula is C19H18FN5O. The Bertz CT molecular complexity index is 938. The topological polar surface area (TPSA) is 72.7 Å². The van der Waals surface area contributed by atoms with E-state index in [4.69, 9.17) is 0 Å². The molecule has 26 heavy (non-hydrogen) atoms. The van der Waals surface area contributed by atoms with Crippen LogP contribution >= 0.6 is 0 Å². The molecule has 1 aromatic carbocycles. The largest absolute Gasteiger partial charge is 0.322 e. The highest BCUT2D eigenvalue weighted by Crippen LogP contribution is 2.27. The Balaban J connectivity index is 1.65. The van der Waals surface area contributed by atoms with Crippen LogP contribution in [-0.4, -0.2) is 25.7 Å². The van der Waals surface area contributed by atoms with Gasteiger partial charge in [-0.25, -0.2) is 4.39 Å². The number of halogens is 1. The average Bonchev–Trinajstić information content (AvgIpc) is 2.92. The van der Waals surface area contributed by atoms with Gasteiger partial charge < -0.3 is 9.88 Å². The van der Waals surface area contributed by atoms with Crippen molar-refractivity contribution >= 4 is 11.6 Å². The van der Waals surface area contributed by atoms with E-state index in [2.05, 4.69) is 20.5 Å². The lowest BCUT2D eigenvalue weighted by atomic mass is 10.1. The molecule has 1 N–H and O–H groups in total. The number of rotatable bonds is 3. The Kier molecular flexibility index (Phi) is 4.43. The first-order valence-corrected chi connectivity index (χ1v) is 8.66. The van der Waals surface area contributed by atoms with Crippen LogP contribution in [0.1, 0.15) is 35.4 Å². The highest BCUT2D eigenvalue weighted by atomic mass is 19.1. The molecule has 0 radical (unpaired) electrons. The first kappa shape index (κ1) is 16.4. The summed E-state index contributed by atoms with van der Waals surface area (Å²) in [4.78, 5) is 16.2. The van der Waals surface area contributed by atoms with Crippen molar-refractivity contribution in [3.05, 3.63) is 59.9 Å². The third kappa shape index (κ3) is 3.20. The monoisotopic (exact) mass is 351 g/mol. The number of carbonyl (C=O) groups is 1. The number of fused-ring (bicyclic) bond motifs is 1. The summed E-state index contributed by atoms with van der Waals surface area (Å²) in [6, 6.07) is 7.74. The van der Waals surface area contributed by atoms with E-state index in [9.17, 15) is 9.18 Å². The van der Waals surface area contributed by atoms with Crippen molar-refractivity contribution in [2.45, 2.75) is 32.2 Å². The van der Waals surface area contributed by atoms with Gasteiger partial charge in [-0.15, -0.1) is 10.2 Å². The molecule has 0 bridgehead atoms. The highest BCUT2D eigenvalue weighted by molar-refractivity contribution is 6.04. The minimum absolute atomic E-state index is 0.273. The summed E-state index contributed by atoms with van der Waals surface area (Å²) in [6.45, 7) is 0.782. The summed E-state index contributed by atoms with van der Waals surface area (Å²) in [5, 5.41) is 11.2. The molecule has 0 spiro atoms. The van der Waals surface area contributed by atoms with Gasteiger partial charge in [-0.3, -0.25) is 9.78 Å². The maximum Gasteiger partial charge on any atom is 0.255 e. The molecule has 0 atom stereocenters. The Hall–Kier alpha value is -3.09. The van der Waals surface area contributed by atoms with Crippen LogP contribution in [0.25, 0.3) is 11.4 Å². The van der Waals surface area contributed by atoms with E-state index in [-0.39, 0.29) is 11.7 Å². The first-order valence-electron chi connectivity index (χ1n) is 8.66. The van der Waals surface area contributed by atoms with Crippen LogP contribution < -0.4 is 5.32 Å². The molecule has 2 aromatic heterocycles. The number of anilines is 1. The highest BCUT2D eigenvalue weighted by Gasteiger charge is 2.19. The van der Waals surface area contributed by atoms with E-state index in [0.717, 1.165) is 38.1 Å². The molecule has 4 rings (SSSR count). The quantitative estimate of drug-likeness (QED) is 0.784. The summed E-state index contributed by atoms with van der Waals surface area (Å²) < 4.78 is 16.4. The lowest BCUT2D eigenvalue weighted by Gasteiger charge is -2.10. The van der Waals surface area contributed by atoms with Crippen LogP contribution in [-0.2, 0) is 13.0 Å². The van der Waals surface area contributed by atoms with E-state index in [1.54, 1.807) is 30.6 Å². The Morgan fingerprint density at radius 3 is 2.77 bits per heavy atom. The first-order chi connectivity index (χ1) is 12.7. The lowest BCUT2D eigenvalue weighted by molar-refractivity contribution is 0.102. The van der Waals surface area contributed by atoms with Gasteiger partial charge in [-0.2, -0.15) is 0 Å². The second kappa shape index (κ2) is 7.03. The van der Waals surface area contributed by atoms with E-state index in [1.807, 2.05) is 4.57 Å². The average molecular weight is 351 g/mol. The number of aryl methyl sites for hydroxylation is 1. The SMILES string of the molecule is O=C(Nc1ccc(F)c(-c2nnc3n2CCCCC3)c1)c1ccncc1. The minimum Gasteiger partial charge on any atom is -0.322 e. The molecule has 1 amide bonds.